The van der Waals surface area contributed by atoms with Crippen LogP contribution in [0.2, 0.25) is 0 Å². The minimum atomic E-state index is -0.378. The van der Waals surface area contributed by atoms with Crippen molar-refractivity contribution in [3.05, 3.63) is 71.0 Å². The minimum absolute atomic E-state index is 0.189. The number of hydrogen-bond donors (Lipinski definition) is 1. The molecule has 0 aliphatic heterocycles. The summed E-state index contributed by atoms with van der Waals surface area (Å²) in [5.41, 5.74) is 9.72. The molecule has 21 heavy (non-hydrogen) atoms. The van der Waals surface area contributed by atoms with Crippen LogP contribution in [0.5, 0.6) is 0 Å². The third kappa shape index (κ3) is 2.86. The molecule has 2 aromatic carbocycles. The SMILES string of the molecule is Cc1ccc(F)cc1C1(N)CCC(c2ccccc2)CC1. The zero-order chi connectivity index (χ0) is 14.9. The quantitative estimate of drug-likeness (QED) is 0.853. The summed E-state index contributed by atoms with van der Waals surface area (Å²) in [6.07, 6.45) is 3.96. The van der Waals surface area contributed by atoms with E-state index in [9.17, 15) is 4.39 Å². The molecule has 2 aromatic rings. The number of hydrogen-bond acceptors (Lipinski definition) is 1. The molecule has 0 aromatic heterocycles. The normalized spacial score (nSPS) is 25.8. The highest BCUT2D eigenvalue weighted by atomic mass is 19.1. The fourth-order valence-electron chi connectivity index (χ4n) is 3.59. The Bertz CT molecular complexity index is 613. The Morgan fingerprint density at radius 2 is 1.71 bits per heavy atom. The summed E-state index contributed by atoms with van der Waals surface area (Å²) in [7, 11) is 0. The Labute approximate surface area is 126 Å². The summed E-state index contributed by atoms with van der Waals surface area (Å²) in [6, 6.07) is 15.6. The number of aryl methyl sites for hydroxylation is 1. The molecular formula is C19H22FN. The monoisotopic (exact) mass is 283 g/mol. The molecule has 0 radical (unpaired) electrons. The first-order valence-electron chi connectivity index (χ1n) is 7.69. The van der Waals surface area contributed by atoms with E-state index in [0.29, 0.717) is 5.92 Å². The first-order valence-corrected chi connectivity index (χ1v) is 7.69. The van der Waals surface area contributed by atoms with Crippen molar-refractivity contribution in [3.8, 4) is 0 Å². The van der Waals surface area contributed by atoms with Crippen LogP contribution in [0.1, 0.15) is 48.3 Å². The second-order valence-corrected chi connectivity index (χ2v) is 6.30. The van der Waals surface area contributed by atoms with Crippen molar-refractivity contribution in [2.24, 2.45) is 5.73 Å². The lowest BCUT2D eigenvalue weighted by molar-refractivity contribution is 0.275. The van der Waals surface area contributed by atoms with E-state index in [1.807, 2.05) is 13.0 Å². The Morgan fingerprint density at radius 3 is 2.38 bits per heavy atom. The molecule has 110 valence electrons. The van der Waals surface area contributed by atoms with Crippen LogP contribution in [0.3, 0.4) is 0 Å². The topological polar surface area (TPSA) is 26.0 Å². The van der Waals surface area contributed by atoms with Gasteiger partial charge in [0.05, 0.1) is 0 Å². The molecule has 1 nitrogen and oxygen atoms in total. The van der Waals surface area contributed by atoms with Crippen molar-refractivity contribution in [3.63, 3.8) is 0 Å². The molecule has 3 rings (SSSR count). The van der Waals surface area contributed by atoms with Gasteiger partial charge >= 0.3 is 0 Å². The fraction of sp³-hybridized carbons (Fsp3) is 0.368. The van der Waals surface area contributed by atoms with E-state index in [2.05, 4.69) is 30.3 Å². The van der Waals surface area contributed by atoms with Crippen LogP contribution in [0.25, 0.3) is 0 Å². The van der Waals surface area contributed by atoms with Crippen molar-refractivity contribution in [2.75, 3.05) is 0 Å². The Kier molecular flexibility index (Phi) is 3.81. The molecule has 0 atom stereocenters. The van der Waals surface area contributed by atoms with Gasteiger partial charge in [0.25, 0.3) is 0 Å². The Balaban J connectivity index is 1.79. The van der Waals surface area contributed by atoms with E-state index in [-0.39, 0.29) is 11.4 Å². The van der Waals surface area contributed by atoms with Crippen LogP contribution in [0, 0.1) is 12.7 Å². The van der Waals surface area contributed by atoms with E-state index in [0.717, 1.165) is 36.8 Å². The van der Waals surface area contributed by atoms with E-state index >= 15 is 0 Å². The molecule has 0 spiro atoms. The van der Waals surface area contributed by atoms with Crippen molar-refractivity contribution in [1.29, 1.82) is 0 Å². The van der Waals surface area contributed by atoms with E-state index in [1.54, 1.807) is 6.07 Å². The molecule has 2 heteroatoms. The third-order valence-corrected chi connectivity index (χ3v) is 4.88. The lowest BCUT2D eigenvalue weighted by Gasteiger charge is -2.38. The molecule has 1 saturated carbocycles. The summed E-state index contributed by atoms with van der Waals surface area (Å²) >= 11 is 0. The molecule has 0 saturated heterocycles. The number of benzene rings is 2. The maximum absolute atomic E-state index is 13.6. The lowest BCUT2D eigenvalue weighted by atomic mass is 9.71. The maximum Gasteiger partial charge on any atom is 0.123 e. The molecule has 1 aliphatic carbocycles. The van der Waals surface area contributed by atoms with Gasteiger partial charge in [-0.1, -0.05) is 36.4 Å². The van der Waals surface area contributed by atoms with Crippen molar-refractivity contribution >= 4 is 0 Å². The van der Waals surface area contributed by atoms with Gasteiger partial charge in [-0.25, -0.2) is 4.39 Å². The van der Waals surface area contributed by atoms with Gasteiger partial charge in [0.2, 0.25) is 0 Å². The largest absolute Gasteiger partial charge is 0.321 e. The zero-order valence-corrected chi connectivity index (χ0v) is 12.5. The molecule has 1 aliphatic rings. The number of nitrogens with two attached hydrogens (primary N) is 1. The van der Waals surface area contributed by atoms with Gasteiger partial charge in [0, 0.05) is 5.54 Å². The summed E-state index contributed by atoms with van der Waals surface area (Å²) in [4.78, 5) is 0. The first kappa shape index (κ1) is 14.3. The van der Waals surface area contributed by atoms with E-state index in [4.69, 9.17) is 5.73 Å². The molecule has 0 unspecified atom stereocenters. The van der Waals surface area contributed by atoms with Crippen LogP contribution < -0.4 is 5.73 Å². The Hall–Kier alpha value is -1.67. The van der Waals surface area contributed by atoms with Crippen LogP contribution >= 0.6 is 0 Å². The van der Waals surface area contributed by atoms with Crippen molar-refractivity contribution < 1.29 is 4.39 Å². The lowest BCUT2D eigenvalue weighted by Crippen LogP contribution is -2.40. The van der Waals surface area contributed by atoms with Gasteiger partial charge in [-0.2, -0.15) is 0 Å². The van der Waals surface area contributed by atoms with Crippen LogP contribution in [0.15, 0.2) is 48.5 Å². The smallest absolute Gasteiger partial charge is 0.123 e. The van der Waals surface area contributed by atoms with Crippen molar-refractivity contribution in [2.45, 2.75) is 44.1 Å². The standard InChI is InChI=1S/C19H22FN/c1-14-7-8-17(20)13-18(14)19(21)11-9-16(10-12-19)15-5-3-2-4-6-15/h2-8,13,16H,9-12,21H2,1H3. The third-order valence-electron chi connectivity index (χ3n) is 4.88. The van der Waals surface area contributed by atoms with Crippen LogP contribution in [0.4, 0.5) is 4.39 Å². The Morgan fingerprint density at radius 1 is 1.05 bits per heavy atom. The first-order chi connectivity index (χ1) is 10.1. The highest BCUT2D eigenvalue weighted by Gasteiger charge is 2.34. The van der Waals surface area contributed by atoms with Crippen LogP contribution in [-0.4, -0.2) is 0 Å². The molecule has 0 bridgehead atoms. The van der Waals surface area contributed by atoms with Gasteiger partial charge in [-0.15, -0.1) is 0 Å². The number of rotatable bonds is 2. The van der Waals surface area contributed by atoms with Gasteiger partial charge in [0.15, 0.2) is 0 Å². The summed E-state index contributed by atoms with van der Waals surface area (Å²) in [6.45, 7) is 2.02. The molecule has 0 heterocycles. The minimum Gasteiger partial charge on any atom is -0.321 e. The van der Waals surface area contributed by atoms with Gasteiger partial charge in [0.1, 0.15) is 5.82 Å². The van der Waals surface area contributed by atoms with E-state index in [1.165, 1.54) is 11.6 Å². The second-order valence-electron chi connectivity index (χ2n) is 6.30. The highest BCUT2D eigenvalue weighted by Crippen LogP contribution is 2.42. The fourth-order valence-corrected chi connectivity index (χ4v) is 3.59. The molecule has 2 N–H and O–H groups in total. The molecule has 0 amide bonds. The zero-order valence-electron chi connectivity index (χ0n) is 12.5. The average Bonchev–Trinajstić information content (AvgIpc) is 2.51. The van der Waals surface area contributed by atoms with Crippen molar-refractivity contribution in [1.82, 2.24) is 0 Å². The average molecular weight is 283 g/mol. The summed E-state index contributed by atoms with van der Waals surface area (Å²) < 4.78 is 13.6. The van der Waals surface area contributed by atoms with E-state index < -0.39 is 0 Å². The number of halogens is 1. The summed E-state index contributed by atoms with van der Waals surface area (Å²) in [5, 5.41) is 0. The predicted molar refractivity (Wildman–Crippen MR) is 84.7 cm³/mol. The molecular weight excluding hydrogens is 261 g/mol. The maximum atomic E-state index is 13.6. The van der Waals surface area contributed by atoms with Gasteiger partial charge in [-0.05, 0) is 67.3 Å². The predicted octanol–water partition coefficient (Wildman–Crippen LogP) is 4.65. The van der Waals surface area contributed by atoms with Gasteiger partial charge in [-0.3, -0.25) is 0 Å². The summed E-state index contributed by atoms with van der Waals surface area (Å²) in [5.74, 6) is 0.391. The highest BCUT2D eigenvalue weighted by molar-refractivity contribution is 5.34. The van der Waals surface area contributed by atoms with Crippen LogP contribution in [-0.2, 0) is 5.54 Å². The van der Waals surface area contributed by atoms with Gasteiger partial charge < -0.3 is 5.73 Å². The molecule has 1 fully saturated rings. The second kappa shape index (κ2) is 5.61.